The predicted molar refractivity (Wildman–Crippen MR) is 80.5 cm³/mol. The van der Waals surface area contributed by atoms with Crippen molar-refractivity contribution >= 4 is 5.82 Å². The third-order valence-electron chi connectivity index (χ3n) is 2.82. The number of hydrogen-bond donors (Lipinski definition) is 1. The number of ether oxygens (including phenoxy) is 1. The van der Waals surface area contributed by atoms with Gasteiger partial charge in [-0.25, -0.2) is 4.98 Å². The quantitative estimate of drug-likeness (QED) is 0.743. The van der Waals surface area contributed by atoms with Gasteiger partial charge < -0.3 is 15.0 Å². The van der Waals surface area contributed by atoms with Crippen LogP contribution in [0.25, 0.3) is 0 Å². The maximum absolute atomic E-state index is 5.19. The van der Waals surface area contributed by atoms with Crippen LogP contribution in [0.1, 0.15) is 26.5 Å². The molecule has 0 saturated carbocycles. The maximum Gasteiger partial charge on any atom is 0.128 e. The molecule has 0 aromatic carbocycles. The Balaban J connectivity index is 2.75. The van der Waals surface area contributed by atoms with Crippen LogP contribution in [0.3, 0.4) is 0 Å². The second-order valence-electron chi connectivity index (χ2n) is 5.10. The van der Waals surface area contributed by atoms with E-state index in [2.05, 4.69) is 49.2 Å². The summed E-state index contributed by atoms with van der Waals surface area (Å²) < 4.78 is 5.19. The van der Waals surface area contributed by atoms with E-state index in [4.69, 9.17) is 9.72 Å². The Kier molecular flexibility index (Phi) is 7.45. The van der Waals surface area contributed by atoms with Crippen LogP contribution < -0.4 is 10.2 Å². The van der Waals surface area contributed by atoms with Crippen LogP contribution in [0.15, 0.2) is 18.2 Å². The van der Waals surface area contributed by atoms with Crippen molar-refractivity contribution in [1.82, 2.24) is 10.3 Å². The molecule has 108 valence electrons. The summed E-state index contributed by atoms with van der Waals surface area (Å²) in [5.41, 5.74) is 1.09. The van der Waals surface area contributed by atoms with E-state index in [0.717, 1.165) is 44.3 Å². The van der Waals surface area contributed by atoms with Gasteiger partial charge in [0.1, 0.15) is 5.82 Å². The van der Waals surface area contributed by atoms with Gasteiger partial charge in [-0.1, -0.05) is 26.8 Å². The lowest BCUT2D eigenvalue weighted by molar-refractivity contribution is 0.204. The Hall–Kier alpha value is -1.13. The first-order valence-electron chi connectivity index (χ1n) is 7.07. The number of aromatic nitrogens is 1. The average Bonchev–Trinajstić information content (AvgIpc) is 2.41. The van der Waals surface area contributed by atoms with E-state index in [9.17, 15) is 0 Å². The first kappa shape index (κ1) is 15.9. The molecule has 0 bridgehead atoms. The van der Waals surface area contributed by atoms with Gasteiger partial charge in [0.05, 0.1) is 12.3 Å². The standard InChI is InChI=1S/C15H27N3O/c1-5-16-11-14-7-6-8-15(17-14)18(9-10-19-4)12-13(2)3/h6-8,13,16H,5,9-12H2,1-4H3. The van der Waals surface area contributed by atoms with Gasteiger partial charge in [0.2, 0.25) is 0 Å². The molecule has 4 heteroatoms. The lowest BCUT2D eigenvalue weighted by Crippen LogP contribution is -2.32. The highest BCUT2D eigenvalue weighted by Gasteiger charge is 2.10. The van der Waals surface area contributed by atoms with Gasteiger partial charge in [-0.3, -0.25) is 0 Å². The maximum atomic E-state index is 5.19. The lowest BCUT2D eigenvalue weighted by atomic mass is 10.2. The Morgan fingerprint density at radius 2 is 2.16 bits per heavy atom. The minimum Gasteiger partial charge on any atom is -0.383 e. The van der Waals surface area contributed by atoms with Crippen LogP contribution in [0, 0.1) is 5.92 Å². The molecule has 0 aliphatic rings. The topological polar surface area (TPSA) is 37.4 Å². The number of hydrogen-bond acceptors (Lipinski definition) is 4. The van der Waals surface area contributed by atoms with Crippen LogP contribution in [0.4, 0.5) is 5.82 Å². The zero-order chi connectivity index (χ0) is 14.1. The van der Waals surface area contributed by atoms with E-state index < -0.39 is 0 Å². The van der Waals surface area contributed by atoms with Gasteiger partial charge in [-0.05, 0) is 24.6 Å². The number of nitrogens with one attached hydrogen (secondary N) is 1. The van der Waals surface area contributed by atoms with Crippen molar-refractivity contribution in [2.24, 2.45) is 5.92 Å². The van der Waals surface area contributed by atoms with E-state index in [1.54, 1.807) is 7.11 Å². The Labute approximate surface area is 117 Å². The van der Waals surface area contributed by atoms with Gasteiger partial charge in [-0.2, -0.15) is 0 Å². The number of rotatable bonds is 9. The third kappa shape index (κ3) is 6.03. The summed E-state index contributed by atoms with van der Waals surface area (Å²) in [5, 5.41) is 3.31. The van der Waals surface area contributed by atoms with Gasteiger partial charge in [-0.15, -0.1) is 0 Å². The molecular weight excluding hydrogens is 238 g/mol. The van der Waals surface area contributed by atoms with Crippen LogP contribution in [-0.4, -0.2) is 38.3 Å². The highest BCUT2D eigenvalue weighted by Crippen LogP contribution is 2.13. The van der Waals surface area contributed by atoms with Crippen molar-refractivity contribution < 1.29 is 4.74 Å². The molecule has 1 N–H and O–H groups in total. The molecule has 0 fully saturated rings. The molecule has 19 heavy (non-hydrogen) atoms. The molecule has 1 aromatic heterocycles. The molecule has 0 radical (unpaired) electrons. The van der Waals surface area contributed by atoms with Crippen molar-refractivity contribution in [1.29, 1.82) is 0 Å². The van der Waals surface area contributed by atoms with Crippen molar-refractivity contribution in [3.63, 3.8) is 0 Å². The van der Waals surface area contributed by atoms with Crippen molar-refractivity contribution in [3.8, 4) is 0 Å². The molecule has 1 heterocycles. The predicted octanol–water partition coefficient (Wildman–Crippen LogP) is 2.30. The first-order chi connectivity index (χ1) is 9.17. The summed E-state index contributed by atoms with van der Waals surface area (Å²) >= 11 is 0. The fraction of sp³-hybridized carbons (Fsp3) is 0.667. The van der Waals surface area contributed by atoms with Gasteiger partial charge >= 0.3 is 0 Å². The minimum absolute atomic E-state index is 0.607. The summed E-state index contributed by atoms with van der Waals surface area (Å²) in [7, 11) is 1.74. The van der Waals surface area contributed by atoms with E-state index in [0.29, 0.717) is 5.92 Å². The molecule has 0 aliphatic carbocycles. The second kappa shape index (κ2) is 8.88. The molecular formula is C15H27N3O. The summed E-state index contributed by atoms with van der Waals surface area (Å²) in [6, 6.07) is 6.22. The van der Waals surface area contributed by atoms with Crippen LogP contribution in [0.5, 0.6) is 0 Å². The molecule has 0 aliphatic heterocycles. The van der Waals surface area contributed by atoms with E-state index in [-0.39, 0.29) is 0 Å². The van der Waals surface area contributed by atoms with Crippen LogP contribution in [0.2, 0.25) is 0 Å². The Morgan fingerprint density at radius 3 is 2.79 bits per heavy atom. The smallest absolute Gasteiger partial charge is 0.128 e. The first-order valence-corrected chi connectivity index (χ1v) is 7.07. The number of nitrogens with zero attached hydrogens (tertiary/aromatic N) is 2. The molecule has 0 amide bonds. The largest absolute Gasteiger partial charge is 0.383 e. The van der Waals surface area contributed by atoms with E-state index >= 15 is 0 Å². The zero-order valence-corrected chi connectivity index (χ0v) is 12.6. The normalized spacial score (nSPS) is 11.0. The molecule has 4 nitrogen and oxygen atoms in total. The highest BCUT2D eigenvalue weighted by molar-refractivity contribution is 5.39. The lowest BCUT2D eigenvalue weighted by Gasteiger charge is -2.25. The third-order valence-corrected chi connectivity index (χ3v) is 2.82. The molecule has 0 saturated heterocycles. The number of pyridine rings is 1. The monoisotopic (exact) mass is 265 g/mol. The molecule has 0 spiro atoms. The molecule has 1 rings (SSSR count). The fourth-order valence-corrected chi connectivity index (χ4v) is 1.94. The Morgan fingerprint density at radius 1 is 1.37 bits per heavy atom. The molecule has 1 aromatic rings. The van der Waals surface area contributed by atoms with Crippen LogP contribution >= 0.6 is 0 Å². The fourth-order valence-electron chi connectivity index (χ4n) is 1.94. The zero-order valence-electron chi connectivity index (χ0n) is 12.6. The van der Waals surface area contributed by atoms with Gasteiger partial charge in [0.25, 0.3) is 0 Å². The van der Waals surface area contributed by atoms with Crippen molar-refractivity contribution in [2.75, 3.05) is 38.3 Å². The van der Waals surface area contributed by atoms with E-state index in [1.807, 2.05) is 0 Å². The molecule has 0 unspecified atom stereocenters. The second-order valence-corrected chi connectivity index (χ2v) is 5.10. The highest BCUT2D eigenvalue weighted by atomic mass is 16.5. The minimum atomic E-state index is 0.607. The summed E-state index contributed by atoms with van der Waals surface area (Å²) in [4.78, 5) is 7.02. The van der Waals surface area contributed by atoms with E-state index in [1.165, 1.54) is 0 Å². The average molecular weight is 265 g/mol. The molecule has 0 atom stereocenters. The summed E-state index contributed by atoms with van der Waals surface area (Å²) in [6.45, 7) is 11.0. The van der Waals surface area contributed by atoms with Gasteiger partial charge in [0.15, 0.2) is 0 Å². The van der Waals surface area contributed by atoms with Crippen LogP contribution in [-0.2, 0) is 11.3 Å². The SMILES string of the molecule is CCNCc1cccc(N(CCOC)CC(C)C)n1. The number of anilines is 1. The van der Waals surface area contributed by atoms with Gasteiger partial charge in [0, 0.05) is 26.7 Å². The van der Waals surface area contributed by atoms with Crippen molar-refractivity contribution in [3.05, 3.63) is 23.9 Å². The van der Waals surface area contributed by atoms with Crippen molar-refractivity contribution in [2.45, 2.75) is 27.3 Å². The summed E-state index contributed by atoms with van der Waals surface area (Å²) in [5.74, 6) is 1.65. The number of methoxy groups -OCH3 is 1. The summed E-state index contributed by atoms with van der Waals surface area (Å²) in [6.07, 6.45) is 0. The Bertz CT molecular complexity index is 355.